The minimum absolute atomic E-state index is 0.0236. The molecule has 3 rings (SSSR count). The Bertz CT molecular complexity index is 804. The molecule has 1 unspecified atom stereocenters. The minimum atomic E-state index is -3.62. The summed E-state index contributed by atoms with van der Waals surface area (Å²) < 4.78 is 32.9. The van der Waals surface area contributed by atoms with Crippen LogP contribution in [0.1, 0.15) is 32.3 Å². The van der Waals surface area contributed by atoms with E-state index in [9.17, 15) is 8.42 Å². The van der Waals surface area contributed by atoms with Gasteiger partial charge in [-0.1, -0.05) is 49.3 Å². The van der Waals surface area contributed by atoms with Crippen molar-refractivity contribution in [3.63, 3.8) is 0 Å². The molecule has 0 spiro atoms. The van der Waals surface area contributed by atoms with Crippen molar-refractivity contribution in [3.8, 4) is 0 Å². The lowest BCUT2D eigenvalue weighted by Gasteiger charge is -2.38. The zero-order valence-electron chi connectivity index (χ0n) is 14.4. The Hall–Kier alpha value is -2.00. The van der Waals surface area contributed by atoms with Crippen molar-refractivity contribution in [1.29, 1.82) is 0 Å². The van der Waals surface area contributed by atoms with E-state index in [2.05, 4.69) is 20.1 Å². The second-order valence-electron chi connectivity index (χ2n) is 6.96. The molecule has 1 N–H and O–H groups in total. The van der Waals surface area contributed by atoms with Crippen molar-refractivity contribution in [3.05, 3.63) is 35.9 Å². The van der Waals surface area contributed by atoms with Gasteiger partial charge in [-0.05, 0) is 29.0 Å². The molecule has 0 bridgehead atoms. The monoisotopic (exact) mass is 365 g/mol. The number of anilines is 1. The third-order valence-corrected chi connectivity index (χ3v) is 5.63. The molecule has 2 aromatic rings. The van der Waals surface area contributed by atoms with Crippen molar-refractivity contribution in [2.24, 2.45) is 5.41 Å². The summed E-state index contributed by atoms with van der Waals surface area (Å²) in [7, 11) is -3.62. The van der Waals surface area contributed by atoms with E-state index in [-0.39, 0.29) is 23.2 Å². The molecule has 1 aliphatic rings. The van der Waals surface area contributed by atoms with Crippen molar-refractivity contribution < 1.29 is 13.2 Å². The Labute approximate surface area is 147 Å². The van der Waals surface area contributed by atoms with Gasteiger partial charge in [-0.25, -0.2) is 13.1 Å². The third-order valence-electron chi connectivity index (χ3n) is 4.39. The molecule has 1 atom stereocenters. The van der Waals surface area contributed by atoms with E-state index >= 15 is 0 Å². The van der Waals surface area contributed by atoms with Gasteiger partial charge in [0.1, 0.15) is 0 Å². The number of nitrogens with zero attached hydrogens (tertiary/aromatic N) is 4. The Morgan fingerprint density at radius 3 is 2.80 bits per heavy atom. The molecule has 1 aromatic carbocycles. The summed E-state index contributed by atoms with van der Waals surface area (Å²) in [6, 6.07) is 9.64. The second-order valence-corrected chi connectivity index (χ2v) is 8.73. The van der Waals surface area contributed by atoms with Gasteiger partial charge >= 0.3 is 0 Å². The van der Waals surface area contributed by atoms with Crippen LogP contribution in [-0.2, 0) is 21.3 Å². The van der Waals surface area contributed by atoms with Crippen LogP contribution in [0.4, 0.5) is 5.95 Å². The summed E-state index contributed by atoms with van der Waals surface area (Å²) in [5.41, 5.74) is 0.831. The van der Waals surface area contributed by atoms with Crippen LogP contribution in [0, 0.1) is 5.41 Å². The second kappa shape index (κ2) is 7.09. The number of rotatable bonds is 6. The molecular weight excluding hydrogens is 342 g/mol. The number of nitrogens with one attached hydrogen (secondary N) is 1. The number of ether oxygens (including phenoxy) is 1. The van der Waals surface area contributed by atoms with Crippen LogP contribution in [0.5, 0.6) is 0 Å². The molecular formula is C16H23N5O3S. The van der Waals surface area contributed by atoms with Crippen molar-refractivity contribution >= 4 is 16.0 Å². The third kappa shape index (κ3) is 4.76. The lowest BCUT2D eigenvalue weighted by Crippen LogP contribution is -2.42. The molecule has 2 heterocycles. The first-order valence-corrected chi connectivity index (χ1v) is 9.93. The van der Waals surface area contributed by atoms with Crippen LogP contribution in [0.25, 0.3) is 0 Å². The van der Waals surface area contributed by atoms with Crippen LogP contribution in [0.3, 0.4) is 0 Å². The first-order valence-electron chi connectivity index (χ1n) is 8.28. The summed E-state index contributed by atoms with van der Waals surface area (Å²) in [4.78, 5) is 1.36. The number of tetrazole rings is 1. The number of sulfonamides is 1. The molecule has 0 saturated carbocycles. The van der Waals surface area contributed by atoms with E-state index in [1.165, 1.54) is 4.80 Å². The molecule has 0 amide bonds. The van der Waals surface area contributed by atoms with Gasteiger partial charge in [-0.15, -0.1) is 5.10 Å². The van der Waals surface area contributed by atoms with E-state index in [1.54, 1.807) is 0 Å². The van der Waals surface area contributed by atoms with Crippen LogP contribution in [0.15, 0.2) is 30.3 Å². The molecule has 0 aliphatic carbocycles. The smallest absolute Gasteiger partial charge is 0.276 e. The highest BCUT2D eigenvalue weighted by atomic mass is 32.2. The fourth-order valence-corrected chi connectivity index (χ4v) is 4.28. The Balaban J connectivity index is 1.63. The van der Waals surface area contributed by atoms with Crippen LogP contribution in [-0.4, -0.2) is 47.1 Å². The van der Waals surface area contributed by atoms with Gasteiger partial charge in [0.2, 0.25) is 10.0 Å². The fraction of sp³-hybridized carbons (Fsp3) is 0.562. The molecule has 8 nitrogen and oxygen atoms in total. The standard InChI is InChI=1S/C16H23N5O3S/c1-16(2)9-6-10-24-14(16)12-25(22,23)19-15-17-20-21(18-15)11-13-7-4-3-5-8-13/h3-5,7-8,14H,6,9-12H2,1-2H3,(H,18,19). The van der Waals surface area contributed by atoms with Gasteiger partial charge in [0.05, 0.1) is 18.4 Å². The van der Waals surface area contributed by atoms with Gasteiger partial charge in [0, 0.05) is 6.61 Å². The number of aromatic nitrogens is 4. The van der Waals surface area contributed by atoms with Gasteiger partial charge in [-0.3, -0.25) is 0 Å². The summed E-state index contributed by atoms with van der Waals surface area (Å²) in [6.07, 6.45) is 1.54. The summed E-state index contributed by atoms with van der Waals surface area (Å²) in [6.45, 7) is 5.07. The van der Waals surface area contributed by atoms with E-state index in [0.29, 0.717) is 13.2 Å². The molecule has 25 heavy (non-hydrogen) atoms. The quantitative estimate of drug-likeness (QED) is 0.836. The molecule has 0 radical (unpaired) electrons. The normalized spacial score (nSPS) is 20.3. The predicted molar refractivity (Wildman–Crippen MR) is 93.5 cm³/mol. The van der Waals surface area contributed by atoms with Gasteiger partial charge in [-0.2, -0.15) is 4.80 Å². The highest BCUT2D eigenvalue weighted by Gasteiger charge is 2.36. The largest absolute Gasteiger partial charge is 0.377 e. The maximum Gasteiger partial charge on any atom is 0.276 e. The first-order chi connectivity index (χ1) is 11.8. The predicted octanol–water partition coefficient (Wildman–Crippen LogP) is 1.67. The average Bonchev–Trinajstić information content (AvgIpc) is 2.96. The van der Waals surface area contributed by atoms with Gasteiger partial charge < -0.3 is 4.74 Å². The average molecular weight is 365 g/mol. The summed E-state index contributed by atoms with van der Waals surface area (Å²) in [5.74, 6) is -0.141. The van der Waals surface area contributed by atoms with Crippen molar-refractivity contribution in [2.75, 3.05) is 17.1 Å². The lowest BCUT2D eigenvalue weighted by molar-refractivity contribution is -0.0535. The Kier molecular flexibility index (Phi) is 5.05. The van der Waals surface area contributed by atoms with Crippen LogP contribution in [0.2, 0.25) is 0 Å². The fourth-order valence-electron chi connectivity index (χ4n) is 2.89. The van der Waals surface area contributed by atoms with E-state index < -0.39 is 10.0 Å². The summed E-state index contributed by atoms with van der Waals surface area (Å²) >= 11 is 0. The zero-order chi connectivity index (χ0) is 17.9. The molecule has 136 valence electrons. The molecule has 9 heteroatoms. The number of benzene rings is 1. The number of hydrogen-bond acceptors (Lipinski definition) is 6. The molecule has 1 fully saturated rings. The van der Waals surface area contributed by atoms with Crippen LogP contribution >= 0.6 is 0 Å². The minimum Gasteiger partial charge on any atom is -0.377 e. The lowest BCUT2D eigenvalue weighted by atomic mass is 9.81. The van der Waals surface area contributed by atoms with Crippen molar-refractivity contribution in [2.45, 2.75) is 39.3 Å². The van der Waals surface area contributed by atoms with Crippen LogP contribution < -0.4 is 4.72 Å². The molecule has 1 aliphatic heterocycles. The SMILES string of the molecule is CC1(C)CCCOC1CS(=O)(=O)Nc1nnn(Cc2ccccc2)n1. The maximum atomic E-state index is 12.4. The van der Waals surface area contributed by atoms with Gasteiger partial charge in [0.15, 0.2) is 0 Å². The van der Waals surface area contributed by atoms with E-state index in [1.807, 2.05) is 44.2 Å². The van der Waals surface area contributed by atoms with Crippen molar-refractivity contribution in [1.82, 2.24) is 20.2 Å². The number of hydrogen-bond donors (Lipinski definition) is 1. The van der Waals surface area contributed by atoms with Gasteiger partial charge in [0.25, 0.3) is 5.95 Å². The highest BCUT2D eigenvalue weighted by molar-refractivity contribution is 7.92. The van der Waals surface area contributed by atoms with E-state index in [0.717, 1.165) is 18.4 Å². The topological polar surface area (TPSA) is 99.0 Å². The highest BCUT2D eigenvalue weighted by Crippen LogP contribution is 2.34. The first kappa shape index (κ1) is 17.8. The molecule has 1 aromatic heterocycles. The Morgan fingerprint density at radius 1 is 1.32 bits per heavy atom. The zero-order valence-corrected chi connectivity index (χ0v) is 15.2. The van der Waals surface area contributed by atoms with E-state index in [4.69, 9.17) is 4.74 Å². The summed E-state index contributed by atoms with van der Waals surface area (Å²) in [5, 5.41) is 11.7. The maximum absolute atomic E-state index is 12.4. The molecule has 1 saturated heterocycles. The Morgan fingerprint density at radius 2 is 2.08 bits per heavy atom.